The molecule has 0 radical (unpaired) electrons. The predicted molar refractivity (Wildman–Crippen MR) is 88.1 cm³/mol. The lowest BCUT2D eigenvalue weighted by molar-refractivity contribution is 0.0290. The highest BCUT2D eigenvalue weighted by Gasteiger charge is 2.33. The molecule has 0 bridgehead atoms. The maximum Gasteiger partial charge on any atom is 0.315 e. The number of urea groups is 1. The van der Waals surface area contributed by atoms with Gasteiger partial charge in [0.1, 0.15) is 5.60 Å². The molecule has 2 fully saturated rings. The van der Waals surface area contributed by atoms with E-state index in [-0.39, 0.29) is 25.2 Å². The summed E-state index contributed by atoms with van der Waals surface area (Å²) in [5.41, 5.74) is 0.213. The second-order valence-electron chi connectivity index (χ2n) is 6.85. The number of rotatable bonds is 6. The van der Waals surface area contributed by atoms with Crippen LogP contribution in [0, 0.1) is 5.92 Å². The van der Waals surface area contributed by atoms with Gasteiger partial charge in [-0.15, -0.1) is 0 Å². The minimum absolute atomic E-state index is 0.0240. The Hall–Kier alpha value is -1.59. The molecule has 1 aliphatic carbocycles. The third-order valence-corrected chi connectivity index (χ3v) is 4.96. The number of hydrogen-bond acceptors (Lipinski definition) is 3. The summed E-state index contributed by atoms with van der Waals surface area (Å²) in [5, 5.41) is 16.1. The zero-order valence-corrected chi connectivity index (χ0v) is 13.5. The van der Waals surface area contributed by atoms with Crippen molar-refractivity contribution in [1.82, 2.24) is 10.6 Å². The number of carbonyl (C=O) groups excluding carboxylic acids is 1. The van der Waals surface area contributed by atoms with Crippen LogP contribution < -0.4 is 10.6 Å². The fraction of sp³-hybridized carbons (Fsp3) is 0.611. The maximum atomic E-state index is 12.2. The Kier molecular flexibility index (Phi) is 5.18. The molecule has 126 valence electrons. The van der Waals surface area contributed by atoms with Crippen molar-refractivity contribution in [1.29, 1.82) is 0 Å². The molecule has 1 aliphatic heterocycles. The van der Waals surface area contributed by atoms with Crippen molar-refractivity contribution in [3.8, 4) is 0 Å². The van der Waals surface area contributed by atoms with E-state index in [0.717, 1.165) is 12.0 Å². The van der Waals surface area contributed by atoms with Crippen molar-refractivity contribution >= 4 is 6.03 Å². The van der Waals surface area contributed by atoms with Crippen molar-refractivity contribution in [2.24, 2.45) is 5.92 Å². The van der Waals surface area contributed by atoms with Crippen LogP contribution in [0.4, 0.5) is 4.79 Å². The first-order valence-electron chi connectivity index (χ1n) is 8.54. The van der Waals surface area contributed by atoms with E-state index < -0.39 is 5.60 Å². The number of hydrogen-bond donors (Lipinski definition) is 3. The molecule has 2 atom stereocenters. The quantitative estimate of drug-likeness (QED) is 0.754. The Balaban J connectivity index is 1.55. The highest BCUT2D eigenvalue weighted by atomic mass is 16.5. The number of benzene rings is 1. The van der Waals surface area contributed by atoms with Gasteiger partial charge in [-0.05, 0) is 17.9 Å². The smallest absolute Gasteiger partial charge is 0.315 e. The fourth-order valence-electron chi connectivity index (χ4n) is 3.22. The van der Waals surface area contributed by atoms with Crippen LogP contribution in [0.1, 0.15) is 43.7 Å². The van der Waals surface area contributed by atoms with Crippen molar-refractivity contribution in [2.45, 2.75) is 43.7 Å². The van der Waals surface area contributed by atoms with E-state index in [1.165, 1.54) is 19.3 Å². The summed E-state index contributed by atoms with van der Waals surface area (Å²) in [6.45, 7) is 1.06. The molecule has 1 saturated heterocycles. The van der Waals surface area contributed by atoms with Gasteiger partial charge in [-0.25, -0.2) is 4.79 Å². The average molecular weight is 318 g/mol. The van der Waals surface area contributed by atoms with Crippen molar-refractivity contribution < 1.29 is 14.6 Å². The summed E-state index contributed by atoms with van der Waals surface area (Å²) in [4.78, 5) is 12.2. The van der Waals surface area contributed by atoms with E-state index in [4.69, 9.17) is 4.74 Å². The highest BCUT2D eigenvalue weighted by molar-refractivity contribution is 5.74. The molecule has 5 nitrogen and oxygen atoms in total. The Morgan fingerprint density at radius 1 is 1.35 bits per heavy atom. The summed E-state index contributed by atoms with van der Waals surface area (Å²) in [5.74, 6) is 0.702. The number of nitrogens with one attached hydrogen (secondary N) is 2. The van der Waals surface area contributed by atoms with Crippen molar-refractivity contribution in [3.05, 3.63) is 35.9 Å². The first-order valence-corrected chi connectivity index (χ1v) is 8.54. The molecule has 0 spiro atoms. The van der Waals surface area contributed by atoms with Crippen LogP contribution >= 0.6 is 0 Å². The van der Waals surface area contributed by atoms with Gasteiger partial charge in [0.05, 0.1) is 19.2 Å². The Morgan fingerprint density at radius 3 is 2.74 bits per heavy atom. The van der Waals surface area contributed by atoms with E-state index in [9.17, 15) is 9.90 Å². The minimum atomic E-state index is -0.923. The molecule has 1 heterocycles. The second kappa shape index (κ2) is 7.32. The van der Waals surface area contributed by atoms with Gasteiger partial charge in [-0.1, -0.05) is 49.6 Å². The first kappa shape index (κ1) is 16.3. The van der Waals surface area contributed by atoms with Gasteiger partial charge in [-0.2, -0.15) is 0 Å². The molecular formula is C18H26N2O3. The standard InChI is InChI=1S/C18H26N2O3/c21-17(19-12-18(22)9-10-23-13-18)20-16(11-14-5-4-6-14)15-7-2-1-3-8-15/h1-3,7-8,14,16,22H,4-6,9-13H2,(H2,19,20,21)/t16-,18-/m0/s1. The van der Waals surface area contributed by atoms with Crippen LogP contribution in [-0.4, -0.2) is 36.5 Å². The Labute approximate surface area is 137 Å². The Morgan fingerprint density at radius 2 is 2.13 bits per heavy atom. The second-order valence-corrected chi connectivity index (χ2v) is 6.85. The molecule has 1 aromatic rings. The number of aliphatic hydroxyl groups is 1. The highest BCUT2D eigenvalue weighted by Crippen LogP contribution is 2.34. The third-order valence-electron chi connectivity index (χ3n) is 4.96. The first-order chi connectivity index (χ1) is 11.1. The molecule has 1 aromatic carbocycles. The van der Waals surface area contributed by atoms with Crippen LogP contribution in [0.25, 0.3) is 0 Å². The molecule has 5 heteroatoms. The number of ether oxygens (including phenoxy) is 1. The third kappa shape index (κ3) is 4.45. The van der Waals surface area contributed by atoms with Crippen LogP contribution in [0.3, 0.4) is 0 Å². The molecule has 3 N–H and O–H groups in total. The van der Waals surface area contributed by atoms with Gasteiger partial charge < -0.3 is 20.5 Å². The van der Waals surface area contributed by atoms with Gasteiger partial charge in [0.15, 0.2) is 0 Å². The summed E-state index contributed by atoms with van der Waals surface area (Å²) >= 11 is 0. The molecule has 0 aromatic heterocycles. The van der Waals surface area contributed by atoms with Crippen LogP contribution in [0.5, 0.6) is 0 Å². The molecule has 0 unspecified atom stereocenters. The summed E-state index contributed by atoms with van der Waals surface area (Å²) in [7, 11) is 0. The summed E-state index contributed by atoms with van der Waals surface area (Å²) in [6.07, 6.45) is 5.35. The molecule has 2 aliphatic rings. The normalized spacial score (nSPS) is 25.6. The topological polar surface area (TPSA) is 70.6 Å². The lowest BCUT2D eigenvalue weighted by Crippen LogP contribution is -2.47. The lowest BCUT2D eigenvalue weighted by Gasteiger charge is -2.30. The van der Waals surface area contributed by atoms with Gasteiger partial charge in [0, 0.05) is 13.0 Å². The van der Waals surface area contributed by atoms with Gasteiger partial charge in [0.25, 0.3) is 0 Å². The molecule has 1 saturated carbocycles. The number of amides is 2. The maximum absolute atomic E-state index is 12.2. The molecular weight excluding hydrogens is 292 g/mol. The zero-order valence-electron chi connectivity index (χ0n) is 13.5. The minimum Gasteiger partial charge on any atom is -0.386 e. The molecule has 23 heavy (non-hydrogen) atoms. The SMILES string of the molecule is O=C(NC[C@@]1(O)CCOC1)N[C@@H](CC1CCC1)c1ccccc1. The van der Waals surface area contributed by atoms with Crippen LogP contribution in [0.15, 0.2) is 30.3 Å². The van der Waals surface area contributed by atoms with E-state index >= 15 is 0 Å². The number of carbonyl (C=O) groups is 1. The van der Waals surface area contributed by atoms with E-state index in [1.54, 1.807) is 0 Å². The largest absolute Gasteiger partial charge is 0.386 e. The van der Waals surface area contributed by atoms with E-state index in [1.807, 2.05) is 18.2 Å². The summed E-state index contributed by atoms with van der Waals surface area (Å²) < 4.78 is 5.20. The summed E-state index contributed by atoms with van der Waals surface area (Å²) in [6, 6.07) is 9.90. The fourth-order valence-corrected chi connectivity index (χ4v) is 3.22. The van der Waals surface area contributed by atoms with Gasteiger partial charge in [0.2, 0.25) is 0 Å². The van der Waals surface area contributed by atoms with Crippen molar-refractivity contribution in [2.75, 3.05) is 19.8 Å². The van der Waals surface area contributed by atoms with Crippen LogP contribution in [-0.2, 0) is 4.74 Å². The van der Waals surface area contributed by atoms with Crippen molar-refractivity contribution in [3.63, 3.8) is 0 Å². The van der Waals surface area contributed by atoms with Gasteiger partial charge >= 0.3 is 6.03 Å². The average Bonchev–Trinajstić information content (AvgIpc) is 2.96. The molecule has 2 amide bonds. The monoisotopic (exact) mass is 318 g/mol. The zero-order chi connectivity index (χ0) is 16.1. The van der Waals surface area contributed by atoms with Gasteiger partial charge in [-0.3, -0.25) is 0 Å². The predicted octanol–water partition coefficient (Wildman–Crippen LogP) is 2.37. The molecule has 3 rings (SSSR count). The Bertz CT molecular complexity index is 510. The van der Waals surface area contributed by atoms with Crippen LogP contribution in [0.2, 0.25) is 0 Å². The van der Waals surface area contributed by atoms with E-state index in [2.05, 4.69) is 22.8 Å². The lowest BCUT2D eigenvalue weighted by atomic mass is 9.79. The van der Waals surface area contributed by atoms with E-state index in [0.29, 0.717) is 18.9 Å².